The van der Waals surface area contributed by atoms with Crippen LogP contribution in [0.4, 0.5) is 10.5 Å². The Morgan fingerprint density at radius 3 is 2.97 bits per heavy atom. The number of rotatable bonds is 2. The zero-order valence-corrected chi connectivity index (χ0v) is 18.3. The summed E-state index contributed by atoms with van der Waals surface area (Å²) in [6.07, 6.45) is 8.59. The number of hydrogen-bond acceptors (Lipinski definition) is 5. The minimum Gasteiger partial charge on any atom is -0.477 e. The number of nitrogens with one attached hydrogen (secondary N) is 1. The number of aryl methyl sites for hydroxylation is 1. The van der Waals surface area contributed by atoms with Crippen molar-refractivity contribution in [1.29, 1.82) is 0 Å². The zero-order chi connectivity index (χ0) is 21.4. The van der Waals surface area contributed by atoms with Gasteiger partial charge in [0.15, 0.2) is 9.92 Å². The van der Waals surface area contributed by atoms with E-state index in [0.717, 1.165) is 60.3 Å². The fraction of sp³-hybridized carbons (Fsp3) is 0.571. The number of amides is 2. The molecule has 10 heteroatoms. The molecule has 2 unspecified atom stereocenters. The molecule has 0 aromatic carbocycles. The second-order valence-corrected chi connectivity index (χ2v) is 11.1. The third kappa shape index (κ3) is 2.99. The highest BCUT2D eigenvalue weighted by Crippen LogP contribution is 2.58. The van der Waals surface area contributed by atoms with Gasteiger partial charge < -0.3 is 10.1 Å². The lowest BCUT2D eigenvalue weighted by atomic mass is 10.0. The number of ether oxygens (including phenoxy) is 1. The summed E-state index contributed by atoms with van der Waals surface area (Å²) in [6.45, 7) is 3.17. The van der Waals surface area contributed by atoms with E-state index in [9.17, 15) is 9.00 Å². The minimum absolute atomic E-state index is 0.164. The summed E-state index contributed by atoms with van der Waals surface area (Å²) >= 11 is 0. The van der Waals surface area contributed by atoms with Gasteiger partial charge in [-0.05, 0) is 56.1 Å². The number of fused-ring (bicyclic) bond motifs is 4. The van der Waals surface area contributed by atoms with Crippen molar-refractivity contribution in [1.82, 2.24) is 14.8 Å². The topological polar surface area (TPSA) is 124 Å². The Kier molecular flexibility index (Phi) is 4.05. The number of nitrogens with two attached hydrogens (primary N) is 1. The maximum absolute atomic E-state index is 13.2. The number of hydrogen-bond donors (Lipinski definition) is 2. The molecule has 1 spiro atoms. The highest BCUT2D eigenvalue weighted by Gasteiger charge is 2.51. The molecule has 2 atom stereocenters. The number of carbonyl (C=O) groups excluding carboxylic acids is 1. The lowest BCUT2D eigenvalue weighted by Gasteiger charge is -2.21. The number of anilines is 1. The molecule has 164 valence electrons. The molecule has 2 amide bonds. The summed E-state index contributed by atoms with van der Waals surface area (Å²) in [5, 5.41) is 13.2. The molecule has 6 rings (SSSR count). The zero-order valence-electron chi connectivity index (χ0n) is 17.5. The Hall–Kier alpha value is -2.46. The molecule has 0 saturated heterocycles. The predicted octanol–water partition coefficient (Wildman–Crippen LogP) is 2.71. The van der Waals surface area contributed by atoms with Gasteiger partial charge in [-0.3, -0.25) is 4.98 Å². The Labute approximate surface area is 181 Å². The van der Waals surface area contributed by atoms with Crippen LogP contribution in [0.25, 0.3) is 0 Å². The fourth-order valence-electron chi connectivity index (χ4n) is 5.28. The Bertz CT molecular complexity index is 1240. The molecular formula is C21H26N6O3S. The van der Waals surface area contributed by atoms with Gasteiger partial charge in [-0.15, -0.1) is 4.36 Å². The van der Waals surface area contributed by atoms with Crippen LogP contribution >= 0.6 is 0 Å². The molecule has 1 fully saturated rings. The highest BCUT2D eigenvalue weighted by atomic mass is 32.2. The first kappa shape index (κ1) is 19.2. The largest absolute Gasteiger partial charge is 0.477 e. The lowest BCUT2D eigenvalue weighted by Crippen LogP contribution is -2.25. The van der Waals surface area contributed by atoms with Crippen molar-refractivity contribution in [3.05, 3.63) is 28.7 Å². The molecule has 9 nitrogen and oxygen atoms in total. The third-order valence-electron chi connectivity index (χ3n) is 7.05. The molecule has 1 aliphatic heterocycles. The van der Waals surface area contributed by atoms with Gasteiger partial charge >= 0.3 is 6.03 Å². The molecule has 31 heavy (non-hydrogen) atoms. The average Bonchev–Trinajstić information content (AvgIpc) is 3.04. The van der Waals surface area contributed by atoms with Gasteiger partial charge in [0.05, 0.1) is 30.7 Å². The summed E-state index contributed by atoms with van der Waals surface area (Å²) in [6, 6.07) is -0.698. The van der Waals surface area contributed by atoms with Crippen molar-refractivity contribution in [2.45, 2.75) is 68.7 Å². The van der Waals surface area contributed by atoms with Crippen molar-refractivity contribution in [2.24, 2.45) is 15.4 Å². The Balaban J connectivity index is 1.35. The average molecular weight is 443 g/mol. The summed E-state index contributed by atoms with van der Waals surface area (Å²) in [7, 11) is -3.49. The van der Waals surface area contributed by atoms with Gasteiger partial charge in [-0.25, -0.2) is 18.8 Å². The van der Waals surface area contributed by atoms with Crippen LogP contribution in [-0.4, -0.2) is 31.6 Å². The summed E-state index contributed by atoms with van der Waals surface area (Å²) in [5.74, 6) is 0.628. The van der Waals surface area contributed by atoms with Crippen molar-refractivity contribution in [3.8, 4) is 5.88 Å². The molecule has 2 aromatic rings. The smallest absolute Gasteiger partial charge is 0.354 e. The molecule has 0 radical (unpaired) electrons. The standard InChI is InChI=1S/C21H26N6O3S/c1-12-10-27-19(30-11-12)16(9-23-27)31(22,29)26-20(28)25-17-13-3-2-4-15(13)24-18-14(17)5-6-21(18)7-8-21/h9,12H,2-8,10-11H2,1H3,(H3,22,24,25,26,28,29). The van der Waals surface area contributed by atoms with Crippen LogP contribution in [0.1, 0.15) is 55.1 Å². The second kappa shape index (κ2) is 6.52. The number of pyridine rings is 1. The third-order valence-corrected chi connectivity index (χ3v) is 8.40. The normalized spacial score (nSPS) is 24.0. The van der Waals surface area contributed by atoms with Crippen LogP contribution in [0.5, 0.6) is 5.88 Å². The fourth-order valence-corrected chi connectivity index (χ4v) is 6.28. The number of carbonyl (C=O) groups is 1. The first-order valence-corrected chi connectivity index (χ1v) is 12.5. The van der Waals surface area contributed by atoms with E-state index in [4.69, 9.17) is 14.9 Å². The molecule has 0 bridgehead atoms. The quantitative estimate of drug-likeness (QED) is 0.740. The van der Waals surface area contributed by atoms with E-state index in [1.807, 2.05) is 6.92 Å². The number of aromatic nitrogens is 3. The Morgan fingerprint density at radius 1 is 1.32 bits per heavy atom. The van der Waals surface area contributed by atoms with Crippen LogP contribution < -0.4 is 15.2 Å². The summed E-state index contributed by atoms with van der Waals surface area (Å²) < 4.78 is 24.4. The van der Waals surface area contributed by atoms with E-state index < -0.39 is 15.9 Å². The van der Waals surface area contributed by atoms with E-state index in [1.54, 1.807) is 4.68 Å². The van der Waals surface area contributed by atoms with Gasteiger partial charge in [0.25, 0.3) is 0 Å². The van der Waals surface area contributed by atoms with Crippen LogP contribution in [-0.2, 0) is 41.1 Å². The molecule has 3 N–H and O–H groups in total. The van der Waals surface area contributed by atoms with E-state index >= 15 is 0 Å². The van der Waals surface area contributed by atoms with E-state index in [0.29, 0.717) is 24.9 Å². The maximum atomic E-state index is 13.2. The van der Waals surface area contributed by atoms with Gasteiger partial charge in [0.1, 0.15) is 4.90 Å². The minimum atomic E-state index is -3.49. The first-order valence-electron chi connectivity index (χ1n) is 11.0. The number of urea groups is 1. The molecular weight excluding hydrogens is 416 g/mol. The lowest BCUT2D eigenvalue weighted by molar-refractivity contribution is 0.171. The van der Waals surface area contributed by atoms with E-state index in [-0.39, 0.29) is 10.3 Å². The van der Waals surface area contributed by atoms with Crippen LogP contribution in [0.2, 0.25) is 0 Å². The maximum Gasteiger partial charge on any atom is 0.354 e. The molecule has 1 saturated carbocycles. The van der Waals surface area contributed by atoms with Gasteiger partial charge in [-0.2, -0.15) is 5.10 Å². The van der Waals surface area contributed by atoms with Crippen LogP contribution in [0.15, 0.2) is 15.5 Å². The molecule has 3 heterocycles. The van der Waals surface area contributed by atoms with Crippen molar-refractivity contribution < 1.29 is 13.7 Å². The van der Waals surface area contributed by atoms with E-state index in [2.05, 4.69) is 14.8 Å². The Morgan fingerprint density at radius 2 is 2.16 bits per heavy atom. The SMILES string of the molecule is CC1COc2c(S(N)(=O)=NC(=O)Nc3c4c(nc5c3CCC53CC3)CCC4)cnn2C1. The van der Waals surface area contributed by atoms with Crippen molar-refractivity contribution in [3.63, 3.8) is 0 Å². The van der Waals surface area contributed by atoms with Gasteiger partial charge in [-0.1, -0.05) is 6.92 Å². The first-order chi connectivity index (χ1) is 14.9. The van der Waals surface area contributed by atoms with Crippen molar-refractivity contribution in [2.75, 3.05) is 11.9 Å². The predicted molar refractivity (Wildman–Crippen MR) is 114 cm³/mol. The monoisotopic (exact) mass is 442 g/mol. The summed E-state index contributed by atoms with van der Waals surface area (Å²) in [4.78, 5) is 18.1. The van der Waals surface area contributed by atoms with Crippen LogP contribution in [0.3, 0.4) is 0 Å². The number of nitrogens with zero attached hydrogens (tertiary/aromatic N) is 4. The summed E-state index contributed by atoms with van der Waals surface area (Å²) in [5.41, 5.74) is 5.52. The van der Waals surface area contributed by atoms with E-state index in [1.165, 1.54) is 19.0 Å². The second-order valence-electron chi connectivity index (χ2n) is 9.38. The highest BCUT2D eigenvalue weighted by molar-refractivity contribution is 7.91. The molecule has 4 aliphatic rings. The molecule has 2 aromatic heterocycles. The molecule has 3 aliphatic carbocycles. The van der Waals surface area contributed by atoms with Crippen molar-refractivity contribution >= 4 is 21.6 Å². The van der Waals surface area contributed by atoms with Crippen LogP contribution in [0, 0.1) is 5.92 Å². The van der Waals surface area contributed by atoms with Gasteiger partial charge in [0, 0.05) is 17.0 Å². The van der Waals surface area contributed by atoms with Gasteiger partial charge in [0.2, 0.25) is 5.88 Å².